The maximum absolute atomic E-state index is 11.9. The van der Waals surface area contributed by atoms with Gasteiger partial charge in [0.1, 0.15) is 0 Å². The van der Waals surface area contributed by atoms with Gasteiger partial charge < -0.3 is 9.47 Å². The lowest BCUT2D eigenvalue weighted by molar-refractivity contribution is -0.170. The molecule has 4 aliphatic rings. The van der Waals surface area contributed by atoms with E-state index in [2.05, 4.69) is 0 Å². The van der Waals surface area contributed by atoms with E-state index in [0.29, 0.717) is 6.42 Å². The van der Waals surface area contributed by atoms with Gasteiger partial charge in [-0.25, -0.2) is 0 Å². The number of hydrogen-bond acceptors (Lipinski definition) is 6. The largest absolute Gasteiger partial charge is 0.393 e. The SMILES string of the molecule is O=C1CCC(C2CC3CC2C2C(=O)OC(=O)C32)C(=O)O1. The van der Waals surface area contributed by atoms with E-state index in [1.54, 1.807) is 0 Å². The smallest absolute Gasteiger partial charge is 0.317 e. The number of esters is 4. The Balaban J connectivity index is 1.59. The first kappa shape index (κ1) is 12.1. The van der Waals surface area contributed by atoms with Crippen LogP contribution in [0.2, 0.25) is 0 Å². The van der Waals surface area contributed by atoms with Gasteiger partial charge in [-0.15, -0.1) is 0 Å². The molecule has 2 bridgehead atoms. The molecule has 0 aromatic carbocycles. The molecule has 0 aromatic heterocycles. The fourth-order valence-corrected chi connectivity index (χ4v) is 4.79. The first-order chi connectivity index (χ1) is 9.56. The first-order valence-corrected chi connectivity index (χ1v) is 7.06. The number of carbonyl (C=O) groups excluding carboxylic acids is 4. The second-order valence-corrected chi connectivity index (χ2v) is 6.29. The van der Waals surface area contributed by atoms with Crippen molar-refractivity contribution in [3.63, 3.8) is 0 Å². The van der Waals surface area contributed by atoms with Crippen LogP contribution in [0.3, 0.4) is 0 Å². The molecule has 6 heteroatoms. The number of carbonyl (C=O) groups is 4. The topological polar surface area (TPSA) is 86.7 Å². The number of ether oxygens (including phenoxy) is 2. The molecule has 0 radical (unpaired) electrons. The molecule has 2 aliphatic carbocycles. The van der Waals surface area contributed by atoms with Crippen LogP contribution >= 0.6 is 0 Å². The molecule has 2 saturated carbocycles. The van der Waals surface area contributed by atoms with Crippen molar-refractivity contribution in [1.82, 2.24) is 0 Å². The number of cyclic esters (lactones) is 4. The quantitative estimate of drug-likeness (QED) is 0.511. The lowest BCUT2D eigenvalue weighted by Crippen LogP contribution is -2.39. The van der Waals surface area contributed by atoms with E-state index >= 15 is 0 Å². The van der Waals surface area contributed by atoms with Crippen LogP contribution in [0.5, 0.6) is 0 Å². The van der Waals surface area contributed by atoms with E-state index in [-0.39, 0.29) is 41.9 Å². The van der Waals surface area contributed by atoms with Crippen molar-refractivity contribution in [2.24, 2.45) is 35.5 Å². The van der Waals surface area contributed by atoms with Gasteiger partial charge in [0.2, 0.25) is 0 Å². The molecular weight excluding hydrogens is 264 g/mol. The monoisotopic (exact) mass is 278 g/mol. The summed E-state index contributed by atoms with van der Waals surface area (Å²) in [5.74, 6) is -2.55. The van der Waals surface area contributed by atoms with Gasteiger partial charge in [0.15, 0.2) is 0 Å². The predicted octanol–water partition coefficient (Wildman–Crippen LogP) is 0.438. The van der Waals surface area contributed by atoms with E-state index in [4.69, 9.17) is 9.47 Å². The van der Waals surface area contributed by atoms with Crippen molar-refractivity contribution in [3.8, 4) is 0 Å². The maximum Gasteiger partial charge on any atom is 0.317 e. The Morgan fingerprint density at radius 1 is 0.800 bits per heavy atom. The molecule has 6 nitrogen and oxygen atoms in total. The van der Waals surface area contributed by atoms with E-state index in [9.17, 15) is 19.2 Å². The molecule has 4 rings (SSSR count). The van der Waals surface area contributed by atoms with Gasteiger partial charge in [-0.3, -0.25) is 19.2 Å². The van der Waals surface area contributed by atoms with Crippen LogP contribution in [0.1, 0.15) is 25.7 Å². The van der Waals surface area contributed by atoms with Crippen LogP contribution in [-0.4, -0.2) is 23.9 Å². The Bertz CT molecular complexity index is 538. The highest BCUT2D eigenvalue weighted by molar-refractivity contribution is 5.98. The van der Waals surface area contributed by atoms with Gasteiger partial charge >= 0.3 is 23.9 Å². The molecule has 6 atom stereocenters. The zero-order chi connectivity index (χ0) is 14.0. The lowest BCUT2D eigenvalue weighted by atomic mass is 9.69. The minimum Gasteiger partial charge on any atom is -0.393 e. The summed E-state index contributed by atoms with van der Waals surface area (Å²) < 4.78 is 9.46. The van der Waals surface area contributed by atoms with Gasteiger partial charge in [-0.1, -0.05) is 0 Å². The van der Waals surface area contributed by atoms with E-state index < -0.39 is 23.9 Å². The highest BCUT2D eigenvalue weighted by Gasteiger charge is 2.64. The van der Waals surface area contributed by atoms with Gasteiger partial charge in [0.05, 0.1) is 17.8 Å². The zero-order valence-electron chi connectivity index (χ0n) is 10.7. The molecule has 0 spiro atoms. The summed E-state index contributed by atoms with van der Waals surface area (Å²) in [6.45, 7) is 0. The van der Waals surface area contributed by atoms with Gasteiger partial charge in [0.25, 0.3) is 0 Å². The normalized spacial score (nSPS) is 46.4. The van der Waals surface area contributed by atoms with E-state index in [0.717, 1.165) is 12.8 Å². The molecule has 2 saturated heterocycles. The van der Waals surface area contributed by atoms with Crippen molar-refractivity contribution in [2.45, 2.75) is 25.7 Å². The third-order valence-electron chi connectivity index (χ3n) is 5.49. The Morgan fingerprint density at radius 2 is 1.50 bits per heavy atom. The van der Waals surface area contributed by atoms with Gasteiger partial charge in [0, 0.05) is 6.42 Å². The van der Waals surface area contributed by atoms with Crippen LogP contribution in [0, 0.1) is 35.5 Å². The second-order valence-electron chi connectivity index (χ2n) is 6.29. The molecule has 0 N–H and O–H groups in total. The van der Waals surface area contributed by atoms with Crippen LogP contribution in [0.4, 0.5) is 0 Å². The van der Waals surface area contributed by atoms with Crippen LogP contribution in [-0.2, 0) is 28.7 Å². The Hall–Kier alpha value is -1.72. The highest BCUT2D eigenvalue weighted by atomic mass is 16.6. The van der Waals surface area contributed by atoms with Crippen molar-refractivity contribution < 1.29 is 28.7 Å². The molecule has 2 aliphatic heterocycles. The van der Waals surface area contributed by atoms with E-state index in [1.807, 2.05) is 0 Å². The minimum absolute atomic E-state index is 0.0229. The van der Waals surface area contributed by atoms with Crippen molar-refractivity contribution in [3.05, 3.63) is 0 Å². The Labute approximate surface area is 114 Å². The Morgan fingerprint density at radius 3 is 2.25 bits per heavy atom. The molecule has 106 valence electrons. The first-order valence-electron chi connectivity index (χ1n) is 7.06. The average molecular weight is 278 g/mol. The lowest BCUT2D eigenvalue weighted by Gasteiger charge is -2.33. The molecule has 20 heavy (non-hydrogen) atoms. The number of rotatable bonds is 1. The van der Waals surface area contributed by atoms with E-state index in [1.165, 1.54) is 0 Å². The summed E-state index contributed by atoms with van der Waals surface area (Å²) in [5, 5.41) is 0. The second kappa shape index (κ2) is 3.90. The number of fused-ring (bicyclic) bond motifs is 5. The van der Waals surface area contributed by atoms with Crippen LogP contribution in [0.25, 0.3) is 0 Å². The number of hydrogen-bond donors (Lipinski definition) is 0. The zero-order valence-corrected chi connectivity index (χ0v) is 10.7. The molecule has 4 fully saturated rings. The Kier molecular flexibility index (Phi) is 2.35. The summed E-state index contributed by atoms with van der Waals surface area (Å²) in [4.78, 5) is 46.5. The third-order valence-corrected chi connectivity index (χ3v) is 5.49. The summed E-state index contributed by atoms with van der Waals surface area (Å²) in [6, 6.07) is 0. The van der Waals surface area contributed by atoms with Crippen LogP contribution in [0.15, 0.2) is 0 Å². The predicted molar refractivity (Wildman–Crippen MR) is 61.6 cm³/mol. The van der Waals surface area contributed by atoms with Gasteiger partial charge in [-0.05, 0) is 37.0 Å². The summed E-state index contributed by atoms with van der Waals surface area (Å²) in [7, 11) is 0. The standard InChI is InChI=1S/C14H14O6/c15-9-2-1-6(12(16)19-9)7-3-5-4-8(7)11-10(5)13(17)20-14(11)18/h5-8,10-11H,1-4H2. The van der Waals surface area contributed by atoms with Gasteiger partial charge in [-0.2, -0.15) is 0 Å². The molecule has 0 amide bonds. The molecule has 2 heterocycles. The highest BCUT2D eigenvalue weighted by Crippen LogP contribution is 2.60. The third kappa shape index (κ3) is 1.45. The van der Waals surface area contributed by atoms with Crippen LogP contribution < -0.4 is 0 Å². The minimum atomic E-state index is -0.470. The fraction of sp³-hybridized carbons (Fsp3) is 0.714. The van der Waals surface area contributed by atoms with Crippen molar-refractivity contribution >= 4 is 23.9 Å². The van der Waals surface area contributed by atoms with Crippen molar-refractivity contribution in [2.75, 3.05) is 0 Å². The molecular formula is C14H14O6. The molecule has 0 aromatic rings. The summed E-state index contributed by atoms with van der Waals surface area (Å²) >= 11 is 0. The average Bonchev–Trinajstić information content (AvgIpc) is 3.02. The summed E-state index contributed by atoms with van der Waals surface area (Å²) in [6.07, 6.45) is 2.30. The van der Waals surface area contributed by atoms with Crippen molar-refractivity contribution in [1.29, 1.82) is 0 Å². The fourth-order valence-electron chi connectivity index (χ4n) is 4.79. The molecule has 6 unspecified atom stereocenters. The maximum atomic E-state index is 11.9. The summed E-state index contributed by atoms with van der Waals surface area (Å²) in [5.41, 5.74) is 0.